The van der Waals surface area contributed by atoms with Gasteiger partial charge in [-0.3, -0.25) is 14.5 Å². The van der Waals surface area contributed by atoms with E-state index >= 15 is 0 Å². The summed E-state index contributed by atoms with van der Waals surface area (Å²) in [6.45, 7) is -0.752. The second-order valence-corrected chi connectivity index (χ2v) is 2.29. The third-order valence-corrected chi connectivity index (χ3v) is 1.48. The summed E-state index contributed by atoms with van der Waals surface area (Å²) in [6, 6.07) is 0. The maximum atomic E-state index is 11.7. The molecule has 1 aliphatic heterocycles. The summed E-state index contributed by atoms with van der Waals surface area (Å²) in [4.78, 5) is 22.0. The molecule has 0 unspecified atom stereocenters. The number of nitrogens with zero attached hydrogens (tertiary/aromatic N) is 1. The second kappa shape index (κ2) is 2.94. The van der Waals surface area contributed by atoms with E-state index in [2.05, 4.69) is 0 Å². The van der Waals surface area contributed by atoms with Crippen molar-refractivity contribution in [1.29, 1.82) is 0 Å². The normalized spacial score (nSPS) is 18.6. The molecular formula is C6H7F2NO2. The molecule has 1 fully saturated rings. The minimum Gasteiger partial charge on any atom is -0.277 e. The number of halogens is 2. The molecule has 0 aliphatic carbocycles. The monoisotopic (exact) mass is 163 g/mol. The zero-order valence-electron chi connectivity index (χ0n) is 5.72. The Morgan fingerprint density at radius 3 is 2.09 bits per heavy atom. The number of carbonyl (C=O) groups excluding carboxylic acids is 2. The summed E-state index contributed by atoms with van der Waals surface area (Å²) in [5.74, 6) is -0.981. The molecule has 1 saturated heterocycles. The Balaban J connectivity index is 2.55. The van der Waals surface area contributed by atoms with Gasteiger partial charge in [-0.2, -0.15) is 0 Å². The van der Waals surface area contributed by atoms with Gasteiger partial charge < -0.3 is 0 Å². The largest absolute Gasteiger partial charge is 0.277 e. The minimum absolute atomic E-state index is 0.0750. The summed E-state index contributed by atoms with van der Waals surface area (Å²) < 4.78 is 23.4. The zero-order chi connectivity index (χ0) is 8.43. The highest BCUT2D eigenvalue weighted by atomic mass is 19.3. The van der Waals surface area contributed by atoms with Crippen molar-refractivity contribution in [2.24, 2.45) is 0 Å². The van der Waals surface area contributed by atoms with Gasteiger partial charge in [0.1, 0.15) is 0 Å². The van der Waals surface area contributed by atoms with E-state index in [4.69, 9.17) is 0 Å². The first-order chi connectivity index (χ1) is 5.11. The van der Waals surface area contributed by atoms with Crippen LogP contribution < -0.4 is 0 Å². The molecule has 0 atom stereocenters. The Kier molecular flexibility index (Phi) is 2.16. The fourth-order valence-corrected chi connectivity index (χ4v) is 0.965. The molecule has 0 radical (unpaired) electrons. The highest BCUT2D eigenvalue weighted by Gasteiger charge is 2.30. The third-order valence-electron chi connectivity index (χ3n) is 1.48. The van der Waals surface area contributed by atoms with Gasteiger partial charge in [0.2, 0.25) is 11.8 Å². The molecule has 0 bridgehead atoms. The quantitative estimate of drug-likeness (QED) is 0.552. The van der Waals surface area contributed by atoms with Gasteiger partial charge in [0.15, 0.2) is 0 Å². The standard InChI is InChI=1S/C6H7F2NO2/c7-4(8)3-9-5(10)1-2-6(9)11/h4H,1-3H2. The van der Waals surface area contributed by atoms with E-state index in [1.165, 1.54) is 0 Å². The van der Waals surface area contributed by atoms with Gasteiger partial charge >= 0.3 is 0 Å². The molecule has 1 rings (SSSR count). The third kappa shape index (κ3) is 1.72. The molecule has 0 aromatic heterocycles. The van der Waals surface area contributed by atoms with Gasteiger partial charge in [0.05, 0.1) is 6.54 Å². The van der Waals surface area contributed by atoms with Crippen molar-refractivity contribution in [1.82, 2.24) is 4.90 Å². The summed E-state index contributed by atoms with van der Waals surface area (Å²) in [7, 11) is 0. The maximum Gasteiger partial charge on any atom is 0.256 e. The fraction of sp³-hybridized carbons (Fsp3) is 0.667. The highest BCUT2D eigenvalue weighted by Crippen LogP contribution is 2.12. The fourth-order valence-electron chi connectivity index (χ4n) is 0.965. The molecule has 11 heavy (non-hydrogen) atoms. The van der Waals surface area contributed by atoms with Crippen LogP contribution in [0, 0.1) is 0 Å². The Morgan fingerprint density at radius 1 is 1.27 bits per heavy atom. The average Bonchev–Trinajstić information content (AvgIpc) is 2.18. The molecule has 1 heterocycles. The average molecular weight is 163 g/mol. The lowest BCUT2D eigenvalue weighted by Gasteiger charge is -2.11. The number of hydrogen-bond acceptors (Lipinski definition) is 2. The van der Waals surface area contributed by atoms with Crippen molar-refractivity contribution < 1.29 is 18.4 Å². The van der Waals surface area contributed by atoms with Gasteiger partial charge in [-0.15, -0.1) is 0 Å². The predicted molar refractivity (Wildman–Crippen MR) is 32.0 cm³/mol. The Labute approximate surface area is 62.0 Å². The molecule has 3 nitrogen and oxygen atoms in total. The van der Waals surface area contributed by atoms with Crippen molar-refractivity contribution in [2.75, 3.05) is 6.54 Å². The van der Waals surface area contributed by atoms with Crippen molar-refractivity contribution >= 4 is 11.8 Å². The van der Waals surface area contributed by atoms with E-state index in [0.29, 0.717) is 4.90 Å². The molecule has 62 valence electrons. The van der Waals surface area contributed by atoms with Crippen LogP contribution in [-0.4, -0.2) is 29.7 Å². The van der Waals surface area contributed by atoms with Crippen molar-refractivity contribution in [2.45, 2.75) is 19.3 Å². The van der Waals surface area contributed by atoms with Gasteiger partial charge in [0.25, 0.3) is 6.43 Å². The van der Waals surface area contributed by atoms with E-state index in [0.717, 1.165) is 0 Å². The number of imide groups is 1. The van der Waals surface area contributed by atoms with Gasteiger partial charge in [0, 0.05) is 12.8 Å². The first-order valence-electron chi connectivity index (χ1n) is 3.22. The zero-order valence-corrected chi connectivity index (χ0v) is 5.72. The highest BCUT2D eigenvalue weighted by molar-refractivity contribution is 6.01. The van der Waals surface area contributed by atoms with Crippen molar-refractivity contribution in [3.8, 4) is 0 Å². The van der Waals surface area contributed by atoms with Crippen LogP contribution in [0.4, 0.5) is 8.78 Å². The van der Waals surface area contributed by atoms with Gasteiger partial charge in [-0.05, 0) is 0 Å². The Bertz CT molecular complexity index is 177. The topological polar surface area (TPSA) is 37.4 Å². The molecule has 0 saturated carbocycles. The molecule has 0 aromatic rings. The Morgan fingerprint density at radius 2 is 1.73 bits per heavy atom. The second-order valence-electron chi connectivity index (χ2n) is 2.29. The van der Waals surface area contributed by atoms with Crippen molar-refractivity contribution in [3.05, 3.63) is 0 Å². The number of amides is 2. The number of alkyl halides is 2. The lowest BCUT2D eigenvalue weighted by atomic mass is 10.4. The van der Waals surface area contributed by atoms with Crippen LogP contribution >= 0.6 is 0 Å². The number of hydrogen-bond donors (Lipinski definition) is 0. The van der Waals surface area contributed by atoms with Crippen LogP contribution in [0.1, 0.15) is 12.8 Å². The SMILES string of the molecule is O=C1CCC(=O)N1CC(F)F. The maximum absolute atomic E-state index is 11.7. The van der Waals surface area contributed by atoms with E-state index in [-0.39, 0.29) is 12.8 Å². The van der Waals surface area contributed by atoms with Gasteiger partial charge in [-0.1, -0.05) is 0 Å². The molecule has 0 N–H and O–H groups in total. The van der Waals surface area contributed by atoms with E-state index in [9.17, 15) is 18.4 Å². The first kappa shape index (κ1) is 8.10. The predicted octanol–water partition coefficient (Wildman–Crippen LogP) is 0.401. The number of likely N-dealkylation sites (tertiary alicyclic amines) is 1. The lowest BCUT2D eigenvalue weighted by Crippen LogP contribution is -2.33. The minimum atomic E-state index is -2.62. The van der Waals surface area contributed by atoms with Crippen LogP contribution in [0.5, 0.6) is 0 Å². The number of carbonyl (C=O) groups is 2. The summed E-state index contributed by atoms with van der Waals surface area (Å²) in [5, 5.41) is 0. The summed E-state index contributed by atoms with van der Waals surface area (Å²) >= 11 is 0. The van der Waals surface area contributed by atoms with Crippen LogP contribution in [-0.2, 0) is 9.59 Å². The van der Waals surface area contributed by atoms with Crippen LogP contribution in [0.2, 0.25) is 0 Å². The summed E-state index contributed by atoms with van der Waals surface area (Å²) in [5.41, 5.74) is 0. The first-order valence-corrected chi connectivity index (χ1v) is 3.22. The molecule has 2 amide bonds. The lowest BCUT2D eigenvalue weighted by molar-refractivity contribution is -0.140. The van der Waals surface area contributed by atoms with Gasteiger partial charge in [-0.25, -0.2) is 8.78 Å². The van der Waals surface area contributed by atoms with E-state index in [1.54, 1.807) is 0 Å². The molecule has 1 aliphatic rings. The van der Waals surface area contributed by atoms with Crippen molar-refractivity contribution in [3.63, 3.8) is 0 Å². The summed E-state index contributed by atoms with van der Waals surface area (Å²) in [6.07, 6.45) is -2.47. The number of rotatable bonds is 2. The molecule has 5 heteroatoms. The van der Waals surface area contributed by atoms with E-state index < -0.39 is 24.8 Å². The van der Waals surface area contributed by atoms with E-state index in [1.807, 2.05) is 0 Å². The Hall–Kier alpha value is -1.00. The molecule has 0 aromatic carbocycles. The van der Waals surface area contributed by atoms with Crippen LogP contribution in [0.15, 0.2) is 0 Å². The van der Waals surface area contributed by atoms with Crippen LogP contribution in [0.3, 0.4) is 0 Å². The molecule has 0 spiro atoms. The van der Waals surface area contributed by atoms with Crippen LogP contribution in [0.25, 0.3) is 0 Å². The smallest absolute Gasteiger partial charge is 0.256 e. The molecular weight excluding hydrogens is 156 g/mol.